The number of rotatable bonds is 4. The Bertz CT molecular complexity index is 812. The second-order valence-electron chi connectivity index (χ2n) is 4.43. The maximum Gasteiger partial charge on any atom is 0.304 e. The molecule has 0 aliphatic heterocycles. The molecule has 1 heterocycles. The van der Waals surface area contributed by atoms with Crippen LogP contribution < -0.4 is 10.5 Å². The van der Waals surface area contributed by atoms with Crippen LogP contribution >= 0.6 is 11.3 Å². The first-order chi connectivity index (χ1) is 9.72. The van der Waals surface area contributed by atoms with Gasteiger partial charge in [0.15, 0.2) is 5.00 Å². The lowest BCUT2D eigenvalue weighted by molar-refractivity contribution is -0.383. The molecule has 1 aromatic heterocycles. The van der Waals surface area contributed by atoms with Crippen molar-refractivity contribution in [3.63, 3.8) is 0 Å². The van der Waals surface area contributed by atoms with Gasteiger partial charge in [0.25, 0.3) is 10.0 Å². The molecular weight excluding hydrogens is 314 g/mol. The fourth-order valence-corrected chi connectivity index (χ4v) is 4.04. The number of aryl methyl sites for hydroxylation is 1. The maximum atomic E-state index is 12.3. The topological polar surface area (TPSA) is 115 Å². The molecule has 112 valence electrons. The van der Waals surface area contributed by atoms with Gasteiger partial charge in [-0.1, -0.05) is 23.5 Å². The molecule has 3 N–H and O–H groups in total. The lowest BCUT2D eigenvalue weighted by atomic mass is 10.1. The van der Waals surface area contributed by atoms with Gasteiger partial charge < -0.3 is 5.73 Å². The van der Waals surface area contributed by atoms with Crippen molar-refractivity contribution >= 4 is 37.7 Å². The van der Waals surface area contributed by atoms with E-state index in [1.807, 2.05) is 13.0 Å². The number of sulfonamides is 1. The van der Waals surface area contributed by atoms with Gasteiger partial charge in [0.1, 0.15) is 4.21 Å². The second kappa shape index (κ2) is 5.34. The Hall–Kier alpha value is -2.13. The molecule has 9 heteroatoms. The van der Waals surface area contributed by atoms with Crippen LogP contribution in [0.5, 0.6) is 0 Å². The van der Waals surface area contributed by atoms with Crippen LogP contribution in [0.4, 0.5) is 16.4 Å². The minimum absolute atomic E-state index is 0.138. The Balaban J connectivity index is 2.41. The van der Waals surface area contributed by atoms with Gasteiger partial charge in [-0.2, -0.15) is 0 Å². The quantitative estimate of drug-likeness (QED) is 0.661. The number of hydrogen-bond donors (Lipinski definition) is 2. The molecule has 0 fully saturated rings. The summed E-state index contributed by atoms with van der Waals surface area (Å²) in [5.41, 5.74) is 7.23. The highest BCUT2D eigenvalue weighted by Gasteiger charge is 2.25. The number of nitrogens with one attached hydrogen (secondary N) is 1. The molecule has 0 aliphatic carbocycles. The van der Waals surface area contributed by atoms with E-state index in [1.54, 1.807) is 19.1 Å². The molecule has 0 bridgehead atoms. The van der Waals surface area contributed by atoms with E-state index in [0.29, 0.717) is 17.0 Å². The molecule has 0 saturated carbocycles. The van der Waals surface area contributed by atoms with Gasteiger partial charge in [-0.15, -0.1) is 0 Å². The van der Waals surface area contributed by atoms with Crippen molar-refractivity contribution in [1.29, 1.82) is 0 Å². The summed E-state index contributed by atoms with van der Waals surface area (Å²) in [5, 5.41) is 10.6. The lowest BCUT2D eigenvalue weighted by Crippen LogP contribution is -2.12. The Morgan fingerprint density at radius 1 is 1.33 bits per heavy atom. The van der Waals surface area contributed by atoms with Gasteiger partial charge >= 0.3 is 5.69 Å². The second-order valence-corrected chi connectivity index (χ2v) is 7.42. The molecule has 0 saturated heterocycles. The first-order valence-electron chi connectivity index (χ1n) is 5.85. The number of nitrogens with two attached hydrogens (primary N) is 1. The van der Waals surface area contributed by atoms with E-state index in [4.69, 9.17) is 5.73 Å². The van der Waals surface area contributed by atoms with Crippen molar-refractivity contribution in [3.05, 3.63) is 45.5 Å². The van der Waals surface area contributed by atoms with Crippen molar-refractivity contribution in [2.75, 3.05) is 10.5 Å². The van der Waals surface area contributed by atoms with Crippen LogP contribution in [0.1, 0.15) is 11.1 Å². The third kappa shape index (κ3) is 2.98. The van der Waals surface area contributed by atoms with Crippen LogP contribution in [-0.4, -0.2) is 13.3 Å². The van der Waals surface area contributed by atoms with Crippen LogP contribution in [-0.2, 0) is 10.0 Å². The van der Waals surface area contributed by atoms with E-state index >= 15 is 0 Å². The number of nitro groups is 1. The maximum absolute atomic E-state index is 12.3. The predicted molar refractivity (Wildman–Crippen MR) is 82.1 cm³/mol. The molecular formula is C12H13N3O4S2. The fraction of sp³-hybridized carbons (Fsp3) is 0.167. The highest BCUT2D eigenvalue weighted by molar-refractivity contribution is 7.94. The average Bonchev–Trinajstić information content (AvgIpc) is 2.78. The van der Waals surface area contributed by atoms with Gasteiger partial charge in [-0.3, -0.25) is 14.8 Å². The molecule has 0 spiro atoms. The number of benzene rings is 1. The summed E-state index contributed by atoms with van der Waals surface area (Å²) >= 11 is 0.665. The van der Waals surface area contributed by atoms with Gasteiger partial charge in [0.2, 0.25) is 0 Å². The van der Waals surface area contributed by atoms with E-state index in [1.165, 1.54) is 0 Å². The molecule has 1 aromatic carbocycles. The number of hydrogen-bond acceptors (Lipinski definition) is 6. The van der Waals surface area contributed by atoms with Crippen LogP contribution in [0.3, 0.4) is 0 Å². The number of nitrogen functional groups attached to an aromatic ring is 1. The molecule has 2 aromatic rings. The van der Waals surface area contributed by atoms with E-state index < -0.39 is 20.6 Å². The summed E-state index contributed by atoms with van der Waals surface area (Å²) < 4.78 is 26.8. The fourth-order valence-electron chi connectivity index (χ4n) is 1.70. The highest BCUT2D eigenvalue weighted by atomic mass is 32.2. The minimum atomic E-state index is -3.90. The molecule has 0 unspecified atom stereocenters. The standard InChI is InChI=1S/C12H13N3O4S2/c1-7-4-3-5-9(8(7)2)14-21(18,19)11-6-10(15(16)17)12(13)20-11/h3-6,14H,13H2,1-2H3. The monoisotopic (exact) mass is 327 g/mol. The highest BCUT2D eigenvalue weighted by Crippen LogP contribution is 2.35. The smallest absolute Gasteiger partial charge is 0.304 e. The minimum Gasteiger partial charge on any atom is -0.385 e. The van der Waals surface area contributed by atoms with Crippen molar-refractivity contribution in [1.82, 2.24) is 0 Å². The van der Waals surface area contributed by atoms with Crippen molar-refractivity contribution < 1.29 is 13.3 Å². The molecule has 0 atom stereocenters. The van der Waals surface area contributed by atoms with E-state index in [-0.39, 0.29) is 9.21 Å². The lowest BCUT2D eigenvalue weighted by Gasteiger charge is -2.10. The third-order valence-corrected chi connectivity index (χ3v) is 5.82. The normalized spacial score (nSPS) is 11.3. The molecule has 21 heavy (non-hydrogen) atoms. The third-order valence-electron chi connectivity index (χ3n) is 3.03. The van der Waals surface area contributed by atoms with E-state index in [9.17, 15) is 18.5 Å². The number of nitrogens with zero attached hydrogens (tertiary/aromatic N) is 1. The Morgan fingerprint density at radius 3 is 2.57 bits per heavy atom. The first-order valence-corrected chi connectivity index (χ1v) is 8.15. The summed E-state index contributed by atoms with van der Waals surface area (Å²) in [4.78, 5) is 10.0. The Labute approximate surface area is 125 Å². The van der Waals surface area contributed by atoms with E-state index in [0.717, 1.165) is 17.2 Å². The van der Waals surface area contributed by atoms with Crippen LogP contribution in [0.15, 0.2) is 28.5 Å². The van der Waals surface area contributed by atoms with Crippen LogP contribution in [0.25, 0.3) is 0 Å². The number of anilines is 2. The van der Waals surface area contributed by atoms with Gasteiger partial charge in [0.05, 0.1) is 10.6 Å². The summed E-state index contributed by atoms with van der Waals surface area (Å²) in [6, 6.07) is 6.19. The van der Waals surface area contributed by atoms with Crippen molar-refractivity contribution in [3.8, 4) is 0 Å². The van der Waals surface area contributed by atoms with Crippen LogP contribution in [0.2, 0.25) is 0 Å². The summed E-state index contributed by atoms with van der Waals surface area (Å²) in [7, 11) is -3.90. The Morgan fingerprint density at radius 2 is 2.00 bits per heavy atom. The summed E-state index contributed by atoms with van der Waals surface area (Å²) in [6.07, 6.45) is 0. The Kier molecular flexibility index (Phi) is 3.88. The van der Waals surface area contributed by atoms with Gasteiger partial charge in [-0.05, 0) is 31.0 Å². The molecule has 0 aliphatic rings. The van der Waals surface area contributed by atoms with E-state index in [2.05, 4.69) is 4.72 Å². The zero-order valence-corrected chi connectivity index (χ0v) is 12.9. The largest absolute Gasteiger partial charge is 0.385 e. The van der Waals surface area contributed by atoms with Gasteiger partial charge in [0, 0.05) is 6.07 Å². The summed E-state index contributed by atoms with van der Waals surface area (Å²) in [5.74, 6) is 0. The average molecular weight is 327 g/mol. The van der Waals surface area contributed by atoms with Crippen molar-refractivity contribution in [2.24, 2.45) is 0 Å². The zero-order chi connectivity index (χ0) is 15.8. The SMILES string of the molecule is Cc1cccc(NS(=O)(=O)c2cc([N+](=O)[O-])c(N)s2)c1C. The molecule has 0 amide bonds. The predicted octanol–water partition coefficient (Wildman–Crippen LogP) is 2.66. The van der Waals surface area contributed by atoms with Crippen LogP contribution in [0, 0.1) is 24.0 Å². The molecule has 2 rings (SSSR count). The summed E-state index contributed by atoms with van der Waals surface area (Å²) in [6.45, 7) is 3.65. The number of thiophene rings is 1. The molecule has 0 radical (unpaired) electrons. The van der Waals surface area contributed by atoms with Gasteiger partial charge in [-0.25, -0.2) is 8.42 Å². The van der Waals surface area contributed by atoms with Crippen molar-refractivity contribution in [2.45, 2.75) is 18.1 Å². The first kappa shape index (κ1) is 15.3. The molecule has 7 nitrogen and oxygen atoms in total. The zero-order valence-electron chi connectivity index (χ0n) is 11.3.